The molecule has 0 aliphatic carbocycles. The average Bonchev–Trinajstić information content (AvgIpc) is 1.83. The Labute approximate surface area is 53.8 Å². The number of hydrogen-bond donors (Lipinski definition) is 2. The fraction of sp³-hybridized carbons (Fsp3) is 0.200. The summed E-state index contributed by atoms with van der Waals surface area (Å²) in [4.78, 5) is 0. The molecule has 0 fully saturated rings. The van der Waals surface area contributed by atoms with Gasteiger partial charge in [0.15, 0.2) is 0 Å². The highest BCUT2D eigenvalue weighted by atomic mass is 35.5. The first-order valence-electron chi connectivity index (χ1n) is 2.20. The van der Waals surface area contributed by atoms with Crippen LogP contribution in [0.2, 0.25) is 0 Å². The monoisotopic (exact) mass is 132 g/mol. The molecule has 0 saturated carbocycles. The Morgan fingerprint density at radius 1 is 1.50 bits per heavy atom. The molecular formula is C5H9ClN2. The largest absolute Gasteiger partial charge is 0.405 e. The predicted octanol–water partition coefficient (Wildman–Crippen LogP) is 0.540. The van der Waals surface area contributed by atoms with Crippen molar-refractivity contribution in [2.45, 2.75) is 0 Å². The number of hydrogen-bond acceptors (Lipinski definition) is 2. The van der Waals surface area contributed by atoms with Crippen molar-refractivity contribution in [3.8, 4) is 0 Å². The van der Waals surface area contributed by atoms with Gasteiger partial charge in [-0.15, -0.1) is 11.6 Å². The van der Waals surface area contributed by atoms with Crippen molar-refractivity contribution >= 4 is 11.6 Å². The Bertz CT molecular complexity index is 104. The minimum Gasteiger partial charge on any atom is -0.405 e. The van der Waals surface area contributed by atoms with E-state index >= 15 is 0 Å². The summed E-state index contributed by atoms with van der Waals surface area (Å²) < 4.78 is 0. The lowest BCUT2D eigenvalue weighted by molar-refractivity contribution is 1.42. The molecule has 0 aromatic heterocycles. The molecule has 0 saturated heterocycles. The van der Waals surface area contributed by atoms with Crippen LogP contribution in [0.25, 0.3) is 0 Å². The number of nitrogens with two attached hydrogens (primary N) is 2. The summed E-state index contributed by atoms with van der Waals surface area (Å²) in [6.07, 6.45) is 4.49. The molecule has 0 amide bonds. The summed E-state index contributed by atoms with van der Waals surface area (Å²) in [5, 5.41) is 0. The van der Waals surface area contributed by atoms with Crippen LogP contribution in [0.1, 0.15) is 0 Å². The molecule has 0 aromatic rings. The van der Waals surface area contributed by atoms with E-state index in [1.807, 2.05) is 0 Å². The third-order valence-electron chi connectivity index (χ3n) is 0.679. The standard InChI is InChI=1S/C5H9ClN2/c6-3-5(4-8)1-2-7/h1-2,4H,3,7-8H2/b2-1-,5-4+. The average molecular weight is 133 g/mol. The van der Waals surface area contributed by atoms with E-state index in [9.17, 15) is 0 Å². The molecule has 0 unspecified atom stereocenters. The van der Waals surface area contributed by atoms with Crippen molar-refractivity contribution < 1.29 is 0 Å². The van der Waals surface area contributed by atoms with E-state index in [0.29, 0.717) is 5.88 Å². The SMILES string of the molecule is N/C=C\C(=C/N)CCl. The molecular weight excluding hydrogens is 124 g/mol. The second-order valence-corrected chi connectivity index (χ2v) is 1.50. The van der Waals surface area contributed by atoms with E-state index in [4.69, 9.17) is 23.1 Å². The summed E-state index contributed by atoms with van der Waals surface area (Å²) in [6, 6.07) is 0. The molecule has 0 aliphatic rings. The second kappa shape index (κ2) is 4.53. The van der Waals surface area contributed by atoms with Gasteiger partial charge in [0, 0.05) is 5.88 Å². The lowest BCUT2D eigenvalue weighted by atomic mass is 10.3. The van der Waals surface area contributed by atoms with Crippen LogP contribution in [0.4, 0.5) is 0 Å². The Morgan fingerprint density at radius 3 is 2.25 bits per heavy atom. The number of rotatable bonds is 2. The van der Waals surface area contributed by atoms with Crippen molar-refractivity contribution in [3.05, 3.63) is 24.0 Å². The Morgan fingerprint density at radius 2 is 2.12 bits per heavy atom. The normalized spacial score (nSPS) is 12.9. The smallest absolute Gasteiger partial charge is 0.0488 e. The lowest BCUT2D eigenvalue weighted by Crippen LogP contribution is -1.88. The van der Waals surface area contributed by atoms with E-state index in [0.717, 1.165) is 5.57 Å². The zero-order chi connectivity index (χ0) is 6.41. The van der Waals surface area contributed by atoms with Gasteiger partial charge >= 0.3 is 0 Å². The molecule has 3 heteroatoms. The number of allylic oxidation sites excluding steroid dienone is 2. The van der Waals surface area contributed by atoms with Gasteiger partial charge in [0.2, 0.25) is 0 Å². The van der Waals surface area contributed by atoms with Gasteiger partial charge in [0.1, 0.15) is 0 Å². The highest BCUT2D eigenvalue weighted by molar-refractivity contribution is 6.19. The molecule has 0 aromatic carbocycles. The molecule has 0 heterocycles. The highest BCUT2D eigenvalue weighted by Crippen LogP contribution is 1.94. The molecule has 2 nitrogen and oxygen atoms in total. The van der Waals surface area contributed by atoms with E-state index in [-0.39, 0.29) is 0 Å². The van der Waals surface area contributed by atoms with E-state index in [1.54, 1.807) is 6.08 Å². The Kier molecular flexibility index (Phi) is 4.17. The van der Waals surface area contributed by atoms with Crippen LogP contribution in [0, 0.1) is 0 Å². The maximum absolute atomic E-state index is 5.39. The molecule has 0 spiro atoms. The summed E-state index contributed by atoms with van der Waals surface area (Å²) in [5.41, 5.74) is 11.0. The summed E-state index contributed by atoms with van der Waals surface area (Å²) in [7, 11) is 0. The lowest BCUT2D eigenvalue weighted by Gasteiger charge is -1.88. The molecule has 8 heavy (non-hydrogen) atoms. The number of alkyl halides is 1. The molecule has 0 bridgehead atoms. The Balaban J connectivity index is 3.72. The fourth-order valence-electron chi connectivity index (χ4n) is 0.268. The van der Waals surface area contributed by atoms with Crippen LogP contribution >= 0.6 is 11.6 Å². The third kappa shape index (κ3) is 2.53. The van der Waals surface area contributed by atoms with Crippen LogP contribution < -0.4 is 11.5 Å². The van der Waals surface area contributed by atoms with Crippen LogP contribution in [-0.2, 0) is 0 Å². The first-order chi connectivity index (χ1) is 3.85. The zero-order valence-electron chi connectivity index (χ0n) is 4.47. The first-order valence-corrected chi connectivity index (χ1v) is 2.73. The molecule has 0 aliphatic heterocycles. The van der Waals surface area contributed by atoms with Gasteiger partial charge in [-0.05, 0) is 24.0 Å². The van der Waals surface area contributed by atoms with E-state index in [2.05, 4.69) is 0 Å². The van der Waals surface area contributed by atoms with E-state index < -0.39 is 0 Å². The van der Waals surface area contributed by atoms with Gasteiger partial charge in [0.05, 0.1) is 0 Å². The second-order valence-electron chi connectivity index (χ2n) is 1.23. The quantitative estimate of drug-likeness (QED) is 0.426. The number of halogens is 1. The maximum Gasteiger partial charge on any atom is 0.0488 e. The highest BCUT2D eigenvalue weighted by Gasteiger charge is 1.82. The summed E-state index contributed by atoms with van der Waals surface area (Å²) in [5.74, 6) is 0.407. The van der Waals surface area contributed by atoms with Crippen LogP contribution in [0.15, 0.2) is 24.0 Å². The molecule has 0 atom stereocenters. The van der Waals surface area contributed by atoms with Gasteiger partial charge in [-0.1, -0.05) is 0 Å². The van der Waals surface area contributed by atoms with Gasteiger partial charge < -0.3 is 11.5 Å². The van der Waals surface area contributed by atoms with Gasteiger partial charge in [-0.3, -0.25) is 0 Å². The Hall–Kier alpha value is -0.630. The van der Waals surface area contributed by atoms with Crippen molar-refractivity contribution in [2.75, 3.05) is 5.88 Å². The van der Waals surface area contributed by atoms with E-state index in [1.165, 1.54) is 12.4 Å². The molecule has 4 N–H and O–H groups in total. The van der Waals surface area contributed by atoms with Gasteiger partial charge in [-0.25, -0.2) is 0 Å². The molecule has 46 valence electrons. The van der Waals surface area contributed by atoms with Gasteiger partial charge in [-0.2, -0.15) is 0 Å². The maximum atomic E-state index is 5.39. The van der Waals surface area contributed by atoms with Crippen LogP contribution in [-0.4, -0.2) is 5.88 Å². The molecule has 0 radical (unpaired) electrons. The molecule has 0 rings (SSSR count). The zero-order valence-corrected chi connectivity index (χ0v) is 5.23. The van der Waals surface area contributed by atoms with Crippen molar-refractivity contribution in [3.63, 3.8) is 0 Å². The third-order valence-corrected chi connectivity index (χ3v) is 0.987. The summed E-state index contributed by atoms with van der Waals surface area (Å²) >= 11 is 5.39. The first kappa shape index (κ1) is 7.37. The van der Waals surface area contributed by atoms with Crippen molar-refractivity contribution in [1.29, 1.82) is 0 Å². The minimum absolute atomic E-state index is 0.407. The van der Waals surface area contributed by atoms with Crippen LogP contribution in [0.3, 0.4) is 0 Å². The van der Waals surface area contributed by atoms with Crippen molar-refractivity contribution in [2.24, 2.45) is 11.5 Å². The summed E-state index contributed by atoms with van der Waals surface area (Å²) in [6.45, 7) is 0. The predicted molar refractivity (Wildman–Crippen MR) is 36.3 cm³/mol. The van der Waals surface area contributed by atoms with Gasteiger partial charge in [0.25, 0.3) is 0 Å². The van der Waals surface area contributed by atoms with Crippen molar-refractivity contribution in [1.82, 2.24) is 0 Å². The topological polar surface area (TPSA) is 52.0 Å². The fourth-order valence-corrected chi connectivity index (χ4v) is 0.446. The van der Waals surface area contributed by atoms with Crippen LogP contribution in [0.5, 0.6) is 0 Å². The minimum atomic E-state index is 0.407.